The number of hydrogen-bond acceptors (Lipinski definition) is 7. The maximum Gasteiger partial charge on any atom is 0.340 e. The Morgan fingerprint density at radius 1 is 1.03 bits per heavy atom. The van der Waals surface area contributed by atoms with E-state index < -0.39 is 16.0 Å². The van der Waals surface area contributed by atoms with Crippen molar-refractivity contribution in [2.75, 3.05) is 40.4 Å². The summed E-state index contributed by atoms with van der Waals surface area (Å²) in [5, 5.41) is 0. The summed E-state index contributed by atoms with van der Waals surface area (Å²) in [6.07, 6.45) is -0.279. The van der Waals surface area contributed by atoms with Crippen LogP contribution in [0, 0.1) is 13.8 Å². The van der Waals surface area contributed by atoms with Crippen molar-refractivity contribution in [2.24, 2.45) is 0 Å². The minimum absolute atomic E-state index is 0.0123. The number of piperazine rings is 1. The number of carbonyl (C=O) groups excluding carboxylic acids is 2. The molecule has 0 aliphatic carbocycles. The molecule has 0 spiro atoms. The van der Waals surface area contributed by atoms with Gasteiger partial charge in [0.1, 0.15) is 22.1 Å². The minimum Gasteiger partial charge on any atom is -0.497 e. The van der Waals surface area contributed by atoms with Gasteiger partial charge < -0.3 is 24.1 Å². The van der Waals surface area contributed by atoms with Crippen LogP contribution in [0.25, 0.3) is 0 Å². The molecule has 2 aromatic rings. The number of amides is 1. The van der Waals surface area contributed by atoms with E-state index >= 15 is 0 Å². The van der Waals surface area contributed by atoms with Crippen LogP contribution in [-0.2, 0) is 14.8 Å². The Balaban J connectivity index is 1.77. The molecule has 2 heterocycles. The fourth-order valence-corrected chi connectivity index (χ4v) is 5.55. The number of aromatic nitrogens is 1. The molecule has 1 N–H and O–H groups in total. The van der Waals surface area contributed by atoms with Gasteiger partial charge in [-0.2, -0.15) is 4.31 Å². The molecule has 10 nitrogen and oxygen atoms in total. The summed E-state index contributed by atoms with van der Waals surface area (Å²) in [5.74, 6) is -0.154. The number of aromatic amines is 1. The summed E-state index contributed by atoms with van der Waals surface area (Å²) in [6, 6.07) is 4.60. The van der Waals surface area contributed by atoms with Crippen LogP contribution in [0.15, 0.2) is 23.1 Å². The van der Waals surface area contributed by atoms with Gasteiger partial charge in [0.2, 0.25) is 10.0 Å². The maximum atomic E-state index is 13.3. The van der Waals surface area contributed by atoms with E-state index in [-0.39, 0.29) is 48.8 Å². The molecule has 34 heavy (non-hydrogen) atoms. The largest absolute Gasteiger partial charge is 0.497 e. The van der Waals surface area contributed by atoms with E-state index in [4.69, 9.17) is 14.2 Å². The Morgan fingerprint density at radius 3 is 2.24 bits per heavy atom. The van der Waals surface area contributed by atoms with Crippen LogP contribution in [0.1, 0.15) is 46.0 Å². The normalized spacial score (nSPS) is 14.9. The first-order valence-electron chi connectivity index (χ1n) is 10.9. The van der Waals surface area contributed by atoms with Crippen molar-refractivity contribution in [3.63, 3.8) is 0 Å². The van der Waals surface area contributed by atoms with Crippen LogP contribution in [0.2, 0.25) is 0 Å². The van der Waals surface area contributed by atoms with Crippen molar-refractivity contribution in [1.29, 1.82) is 0 Å². The molecule has 3 rings (SSSR count). The fraction of sp³-hybridized carbons (Fsp3) is 0.478. The number of methoxy groups -OCH3 is 2. The van der Waals surface area contributed by atoms with E-state index in [1.54, 1.807) is 44.7 Å². The smallest absolute Gasteiger partial charge is 0.340 e. The first-order valence-corrected chi connectivity index (χ1v) is 12.4. The summed E-state index contributed by atoms with van der Waals surface area (Å²) in [6.45, 7) is 7.58. The van der Waals surface area contributed by atoms with Gasteiger partial charge in [0.15, 0.2) is 0 Å². The number of hydrogen-bond donors (Lipinski definition) is 1. The first-order chi connectivity index (χ1) is 16.0. The standard InChI is InChI=1S/C23H31N3O7S/c1-14(2)33-23(28)20-15(3)21(24-16(20)4)22(27)25-9-11-26(12-10-25)34(29,30)19-13-17(31-5)7-8-18(19)32-6/h7-8,13-14,24H,9-12H2,1-6H3. The zero-order valence-corrected chi connectivity index (χ0v) is 21.1. The van der Waals surface area contributed by atoms with Gasteiger partial charge in [-0.25, -0.2) is 13.2 Å². The van der Waals surface area contributed by atoms with Crippen molar-refractivity contribution >= 4 is 21.9 Å². The molecule has 1 aromatic heterocycles. The lowest BCUT2D eigenvalue weighted by molar-refractivity contribution is 0.0376. The van der Waals surface area contributed by atoms with Gasteiger partial charge in [-0.3, -0.25) is 4.79 Å². The van der Waals surface area contributed by atoms with E-state index in [0.29, 0.717) is 28.3 Å². The SMILES string of the molecule is COc1ccc(OC)c(S(=O)(=O)N2CCN(C(=O)c3[nH]c(C)c(C(=O)OC(C)C)c3C)CC2)c1. The van der Waals surface area contributed by atoms with Gasteiger partial charge in [-0.05, 0) is 45.4 Å². The van der Waals surface area contributed by atoms with Crippen molar-refractivity contribution < 1.29 is 32.2 Å². The topological polar surface area (TPSA) is 118 Å². The van der Waals surface area contributed by atoms with E-state index in [2.05, 4.69) is 4.98 Å². The fourth-order valence-electron chi connectivity index (χ4n) is 3.96. The molecule has 0 radical (unpaired) electrons. The Kier molecular flexibility index (Phi) is 7.57. The average molecular weight is 494 g/mol. The second-order valence-electron chi connectivity index (χ2n) is 8.29. The lowest BCUT2D eigenvalue weighted by Gasteiger charge is -2.34. The monoisotopic (exact) mass is 493 g/mol. The predicted octanol–water partition coefficient (Wildman–Crippen LogP) is 2.36. The molecule has 1 amide bonds. The van der Waals surface area contributed by atoms with Gasteiger partial charge in [-0.1, -0.05) is 0 Å². The summed E-state index contributed by atoms with van der Waals surface area (Å²) < 4.78 is 43.6. The molecule has 1 saturated heterocycles. The molecule has 1 aliphatic heterocycles. The summed E-state index contributed by atoms with van der Waals surface area (Å²) in [5.41, 5.74) is 1.73. The molecule has 1 aliphatic rings. The van der Waals surface area contributed by atoms with E-state index in [0.717, 1.165) is 0 Å². The molecular weight excluding hydrogens is 462 g/mol. The summed E-state index contributed by atoms with van der Waals surface area (Å²) in [7, 11) is -0.998. The Morgan fingerprint density at radius 2 is 1.68 bits per heavy atom. The highest BCUT2D eigenvalue weighted by molar-refractivity contribution is 7.89. The predicted molar refractivity (Wildman–Crippen MR) is 125 cm³/mol. The number of aryl methyl sites for hydroxylation is 1. The number of sulfonamides is 1. The van der Waals surface area contributed by atoms with Gasteiger partial charge in [0.05, 0.1) is 25.9 Å². The van der Waals surface area contributed by atoms with Crippen LogP contribution >= 0.6 is 0 Å². The average Bonchev–Trinajstić information content (AvgIpc) is 3.11. The molecular formula is C23H31N3O7S. The molecule has 0 atom stereocenters. The van der Waals surface area contributed by atoms with E-state index in [1.165, 1.54) is 24.6 Å². The number of esters is 1. The Hall–Kier alpha value is -3.05. The van der Waals surface area contributed by atoms with Gasteiger partial charge in [-0.15, -0.1) is 0 Å². The highest BCUT2D eigenvalue weighted by Gasteiger charge is 2.34. The molecule has 11 heteroatoms. The van der Waals surface area contributed by atoms with Gasteiger partial charge in [0, 0.05) is 37.9 Å². The van der Waals surface area contributed by atoms with Gasteiger partial charge >= 0.3 is 5.97 Å². The quantitative estimate of drug-likeness (QED) is 0.588. The zero-order chi connectivity index (χ0) is 25.2. The molecule has 0 unspecified atom stereocenters. The first kappa shape index (κ1) is 25.6. The molecule has 0 saturated carbocycles. The lowest BCUT2D eigenvalue weighted by atomic mass is 10.1. The van der Waals surface area contributed by atoms with Gasteiger partial charge in [0.25, 0.3) is 5.91 Å². The van der Waals surface area contributed by atoms with E-state index in [1.807, 2.05) is 0 Å². The zero-order valence-electron chi connectivity index (χ0n) is 20.3. The van der Waals surface area contributed by atoms with Crippen LogP contribution in [0.3, 0.4) is 0 Å². The minimum atomic E-state index is -3.86. The van der Waals surface area contributed by atoms with Crippen LogP contribution in [-0.4, -0.2) is 81.0 Å². The number of H-pyrrole nitrogens is 1. The van der Waals surface area contributed by atoms with Crippen molar-refractivity contribution in [3.8, 4) is 11.5 Å². The lowest BCUT2D eigenvalue weighted by Crippen LogP contribution is -2.50. The summed E-state index contributed by atoms with van der Waals surface area (Å²) >= 11 is 0. The number of carbonyl (C=O) groups is 2. The molecule has 186 valence electrons. The Bertz CT molecular complexity index is 1180. The van der Waals surface area contributed by atoms with Crippen LogP contribution in [0.4, 0.5) is 0 Å². The maximum absolute atomic E-state index is 13.3. The number of ether oxygens (including phenoxy) is 3. The Labute approximate surface area is 199 Å². The number of nitrogens with one attached hydrogen (secondary N) is 1. The highest BCUT2D eigenvalue weighted by atomic mass is 32.2. The third-order valence-electron chi connectivity index (χ3n) is 5.71. The van der Waals surface area contributed by atoms with E-state index in [9.17, 15) is 18.0 Å². The highest BCUT2D eigenvalue weighted by Crippen LogP contribution is 2.31. The van der Waals surface area contributed by atoms with Crippen LogP contribution in [0.5, 0.6) is 11.5 Å². The summed E-state index contributed by atoms with van der Waals surface area (Å²) in [4.78, 5) is 30.2. The van der Waals surface area contributed by atoms with Crippen LogP contribution < -0.4 is 9.47 Å². The molecule has 0 bridgehead atoms. The molecule has 1 fully saturated rings. The third-order valence-corrected chi connectivity index (χ3v) is 7.63. The molecule has 1 aromatic carbocycles. The van der Waals surface area contributed by atoms with Crippen molar-refractivity contribution in [1.82, 2.24) is 14.2 Å². The van der Waals surface area contributed by atoms with Crippen molar-refractivity contribution in [3.05, 3.63) is 40.7 Å². The number of nitrogens with zero attached hydrogens (tertiary/aromatic N) is 2. The second kappa shape index (κ2) is 10.1. The number of rotatable bonds is 7. The van der Waals surface area contributed by atoms with Crippen molar-refractivity contribution in [2.45, 2.75) is 38.7 Å². The number of benzene rings is 1. The second-order valence-corrected chi connectivity index (χ2v) is 10.2. The third kappa shape index (κ3) is 4.90.